The molecule has 0 aliphatic carbocycles. The minimum Gasteiger partial charge on any atom is -0.497 e. The molecule has 2 saturated heterocycles. The summed E-state index contributed by atoms with van der Waals surface area (Å²) in [6, 6.07) is 12.5. The molecule has 0 bridgehead atoms. The van der Waals surface area contributed by atoms with Gasteiger partial charge in [0.15, 0.2) is 6.54 Å². The van der Waals surface area contributed by atoms with E-state index in [1.54, 1.807) is 12.0 Å². The third-order valence-corrected chi connectivity index (χ3v) is 7.02. The first-order valence-corrected chi connectivity index (χ1v) is 11.5. The number of ether oxygens (including phenoxy) is 1. The van der Waals surface area contributed by atoms with E-state index >= 15 is 0 Å². The van der Waals surface area contributed by atoms with Crippen LogP contribution < -0.4 is 19.4 Å². The van der Waals surface area contributed by atoms with Crippen molar-refractivity contribution in [3.05, 3.63) is 46.7 Å². The molecule has 2 aliphatic rings. The summed E-state index contributed by atoms with van der Waals surface area (Å²) in [4.78, 5) is 21.8. The van der Waals surface area contributed by atoms with E-state index in [0.717, 1.165) is 64.7 Å². The lowest BCUT2D eigenvalue weighted by atomic mass is 10.2. The first kappa shape index (κ1) is 20.2. The molecule has 0 atom stereocenters. The topological polar surface area (TPSA) is 41.7 Å². The predicted octanol–water partition coefficient (Wildman–Crippen LogP) is -0.611. The normalized spacial score (nSPS) is 22.5. The monoisotopic (exact) mass is 416 g/mol. The Morgan fingerprint density at radius 2 is 1.69 bits per heavy atom. The van der Waals surface area contributed by atoms with Crippen molar-refractivity contribution >= 4 is 22.9 Å². The van der Waals surface area contributed by atoms with E-state index in [0.29, 0.717) is 12.5 Å². The largest absolute Gasteiger partial charge is 0.497 e. The van der Waals surface area contributed by atoms with Crippen molar-refractivity contribution < 1.29 is 19.3 Å². The molecule has 1 aromatic heterocycles. The van der Waals surface area contributed by atoms with Crippen molar-refractivity contribution in [2.45, 2.75) is 6.54 Å². The van der Waals surface area contributed by atoms with Crippen LogP contribution >= 0.6 is 11.3 Å². The molecule has 4 rings (SSSR count). The quantitative estimate of drug-likeness (QED) is 0.660. The van der Waals surface area contributed by atoms with Gasteiger partial charge in [-0.3, -0.25) is 4.79 Å². The van der Waals surface area contributed by atoms with E-state index in [2.05, 4.69) is 39.4 Å². The Morgan fingerprint density at radius 3 is 2.31 bits per heavy atom. The number of hydrogen-bond acceptors (Lipinski definition) is 4. The van der Waals surface area contributed by atoms with E-state index in [9.17, 15) is 4.79 Å². The van der Waals surface area contributed by atoms with Crippen molar-refractivity contribution in [1.82, 2.24) is 4.90 Å². The number of piperazine rings is 2. The molecule has 6 nitrogen and oxygen atoms in total. The third-order valence-electron chi connectivity index (χ3n) is 6.14. The van der Waals surface area contributed by atoms with Crippen LogP contribution in [0, 0.1) is 0 Å². The van der Waals surface area contributed by atoms with Crippen LogP contribution in [0.2, 0.25) is 0 Å². The maximum atomic E-state index is 12.8. The molecule has 1 aromatic carbocycles. The molecule has 156 valence electrons. The summed E-state index contributed by atoms with van der Waals surface area (Å²) in [6.07, 6.45) is 0. The van der Waals surface area contributed by atoms with Gasteiger partial charge in [0.2, 0.25) is 0 Å². The average Bonchev–Trinajstić information content (AvgIpc) is 3.28. The number of thiophene rings is 1. The van der Waals surface area contributed by atoms with Gasteiger partial charge in [-0.1, -0.05) is 6.07 Å². The highest BCUT2D eigenvalue weighted by Gasteiger charge is 2.28. The Hall–Kier alpha value is -2.09. The highest BCUT2D eigenvalue weighted by molar-refractivity contribution is 7.09. The molecule has 1 amide bonds. The minimum atomic E-state index is 0.316. The molecule has 0 saturated carbocycles. The third kappa shape index (κ3) is 5.29. The summed E-state index contributed by atoms with van der Waals surface area (Å²) in [5.74, 6) is 1.19. The molecular weight excluding hydrogens is 384 g/mol. The van der Waals surface area contributed by atoms with Crippen LogP contribution in [-0.4, -0.2) is 76.8 Å². The molecule has 2 aromatic rings. The van der Waals surface area contributed by atoms with Crippen LogP contribution in [-0.2, 0) is 11.3 Å². The summed E-state index contributed by atoms with van der Waals surface area (Å²) >= 11 is 1.85. The zero-order valence-electron chi connectivity index (χ0n) is 17.2. The first-order chi connectivity index (χ1) is 14.2. The standard InChI is InChI=1S/C22H30N4O2S/c1-28-20-6-4-19(5-7-20)25-12-14-26(15-13-25)22(27)18-24-10-8-23(9-11-24)17-21-3-2-16-29-21/h2-7,16H,8-15,17-18H2,1H3/p+2. The fourth-order valence-corrected chi connectivity index (χ4v) is 5.08. The van der Waals surface area contributed by atoms with Crippen LogP contribution in [0.25, 0.3) is 0 Å². The predicted molar refractivity (Wildman–Crippen MR) is 116 cm³/mol. The maximum absolute atomic E-state index is 12.8. The van der Waals surface area contributed by atoms with Crippen LogP contribution in [0.4, 0.5) is 5.69 Å². The molecule has 7 heteroatoms. The van der Waals surface area contributed by atoms with Crippen LogP contribution in [0.15, 0.2) is 41.8 Å². The van der Waals surface area contributed by atoms with E-state index in [1.807, 2.05) is 23.5 Å². The smallest absolute Gasteiger partial charge is 0.277 e. The Bertz CT molecular complexity index is 765. The van der Waals surface area contributed by atoms with Gasteiger partial charge in [0.1, 0.15) is 38.5 Å². The van der Waals surface area contributed by atoms with Gasteiger partial charge >= 0.3 is 0 Å². The number of anilines is 1. The molecule has 2 N–H and O–H groups in total. The fraction of sp³-hybridized carbons (Fsp3) is 0.500. The fourth-order valence-electron chi connectivity index (χ4n) is 4.30. The molecule has 29 heavy (non-hydrogen) atoms. The lowest BCUT2D eigenvalue weighted by Gasteiger charge is -2.37. The molecule has 3 heterocycles. The number of benzene rings is 1. The number of carbonyl (C=O) groups excluding carboxylic acids is 1. The summed E-state index contributed by atoms with van der Waals surface area (Å²) in [5, 5.41) is 2.16. The second-order valence-corrected chi connectivity index (χ2v) is 9.03. The van der Waals surface area contributed by atoms with Gasteiger partial charge in [-0.25, -0.2) is 0 Å². The molecule has 0 unspecified atom stereocenters. The number of rotatable bonds is 6. The average molecular weight is 417 g/mol. The van der Waals surface area contributed by atoms with Crippen LogP contribution in [0.1, 0.15) is 4.88 Å². The molecule has 0 radical (unpaired) electrons. The zero-order chi connectivity index (χ0) is 20.1. The van der Waals surface area contributed by atoms with Crippen molar-refractivity contribution in [3.63, 3.8) is 0 Å². The summed E-state index contributed by atoms with van der Waals surface area (Å²) < 4.78 is 5.23. The number of quaternary nitrogens is 2. The number of nitrogens with one attached hydrogen (secondary N) is 2. The summed E-state index contributed by atoms with van der Waals surface area (Å²) in [6.45, 7) is 9.70. The Labute approximate surface area is 177 Å². The second kappa shape index (κ2) is 9.61. The van der Waals surface area contributed by atoms with Crippen LogP contribution in [0.5, 0.6) is 5.75 Å². The summed E-state index contributed by atoms with van der Waals surface area (Å²) in [7, 11) is 1.69. The number of carbonyl (C=O) groups is 1. The number of amides is 1. The lowest BCUT2D eigenvalue weighted by molar-refractivity contribution is -1.02. The molecule has 2 aliphatic heterocycles. The van der Waals surface area contributed by atoms with Crippen LogP contribution in [0.3, 0.4) is 0 Å². The highest BCUT2D eigenvalue weighted by Crippen LogP contribution is 2.20. The van der Waals surface area contributed by atoms with E-state index < -0.39 is 0 Å². The summed E-state index contributed by atoms with van der Waals surface area (Å²) in [5.41, 5.74) is 1.20. The number of nitrogens with zero attached hydrogens (tertiary/aromatic N) is 2. The van der Waals surface area contributed by atoms with Gasteiger partial charge in [0.05, 0.1) is 12.0 Å². The van der Waals surface area contributed by atoms with Crippen molar-refractivity contribution in [3.8, 4) is 5.75 Å². The SMILES string of the molecule is COc1ccc(N2CCN(C(=O)C[NH+]3CC[NH+](Cc4cccs4)CC3)CC2)cc1. The van der Waals surface area contributed by atoms with E-state index in [1.165, 1.54) is 15.5 Å². The van der Waals surface area contributed by atoms with Crippen molar-refractivity contribution in [2.24, 2.45) is 0 Å². The Morgan fingerprint density at radius 1 is 1.00 bits per heavy atom. The maximum Gasteiger partial charge on any atom is 0.277 e. The van der Waals surface area contributed by atoms with Gasteiger partial charge in [-0.05, 0) is 35.7 Å². The molecule has 2 fully saturated rings. The Balaban J connectivity index is 1.19. The number of methoxy groups -OCH3 is 1. The van der Waals surface area contributed by atoms with Gasteiger partial charge in [0.25, 0.3) is 5.91 Å². The minimum absolute atomic E-state index is 0.316. The van der Waals surface area contributed by atoms with E-state index in [-0.39, 0.29) is 0 Å². The van der Waals surface area contributed by atoms with Gasteiger partial charge in [0, 0.05) is 31.9 Å². The van der Waals surface area contributed by atoms with Gasteiger partial charge in [-0.15, -0.1) is 11.3 Å². The number of hydrogen-bond donors (Lipinski definition) is 2. The Kier molecular flexibility index (Phi) is 6.69. The first-order valence-electron chi connectivity index (χ1n) is 10.6. The van der Waals surface area contributed by atoms with Gasteiger partial charge in [-0.2, -0.15) is 0 Å². The molecular formula is C22H32N4O2S+2. The van der Waals surface area contributed by atoms with E-state index in [4.69, 9.17) is 4.74 Å². The molecule has 0 spiro atoms. The lowest BCUT2D eigenvalue weighted by Crippen LogP contribution is -3.28. The zero-order valence-corrected chi connectivity index (χ0v) is 18.0. The van der Waals surface area contributed by atoms with Crippen molar-refractivity contribution in [2.75, 3.05) is 70.9 Å². The van der Waals surface area contributed by atoms with Crippen molar-refractivity contribution in [1.29, 1.82) is 0 Å². The van der Waals surface area contributed by atoms with Gasteiger partial charge < -0.3 is 24.3 Å². The highest BCUT2D eigenvalue weighted by atomic mass is 32.1. The second-order valence-electron chi connectivity index (χ2n) is 8.00.